The van der Waals surface area contributed by atoms with Gasteiger partial charge in [-0.15, -0.1) is 16.8 Å². The number of hydrogen-bond acceptors (Lipinski definition) is 7. The summed E-state index contributed by atoms with van der Waals surface area (Å²) in [6.45, 7) is 6.28. The third-order valence-electron chi connectivity index (χ3n) is 3.60. The molecule has 0 atom stereocenters. The van der Waals surface area contributed by atoms with Crippen molar-refractivity contribution >= 4 is 28.6 Å². The second kappa shape index (κ2) is 8.01. The first kappa shape index (κ1) is 17.9. The fourth-order valence-electron chi connectivity index (χ4n) is 2.44. The minimum atomic E-state index is -1.15. The Kier molecular flexibility index (Phi) is 5.52. The highest BCUT2D eigenvalue weighted by Crippen LogP contribution is 2.25. The predicted octanol–water partition coefficient (Wildman–Crippen LogP) is 1.74. The van der Waals surface area contributed by atoms with Gasteiger partial charge in [-0.25, -0.2) is 4.98 Å². The van der Waals surface area contributed by atoms with Gasteiger partial charge in [0.1, 0.15) is 17.9 Å². The third kappa shape index (κ3) is 4.02. The van der Waals surface area contributed by atoms with E-state index in [0.29, 0.717) is 23.3 Å². The first-order valence-corrected chi connectivity index (χ1v) is 8.92. The van der Waals surface area contributed by atoms with Crippen LogP contribution in [-0.4, -0.2) is 31.5 Å². The van der Waals surface area contributed by atoms with Crippen molar-refractivity contribution in [2.24, 2.45) is 0 Å². The molecule has 0 saturated heterocycles. The van der Waals surface area contributed by atoms with Gasteiger partial charge in [-0.3, -0.25) is 4.57 Å². The maximum Gasteiger partial charge on any atom is 0.191 e. The van der Waals surface area contributed by atoms with Crippen molar-refractivity contribution in [2.75, 3.05) is 5.75 Å². The number of fused-ring (bicyclic) bond motifs is 1. The number of carboxylic acid groups (broad SMARTS) is 1. The molecule has 0 unspecified atom stereocenters. The number of allylic oxidation sites excluding steroid dienone is 1. The van der Waals surface area contributed by atoms with E-state index < -0.39 is 5.97 Å². The van der Waals surface area contributed by atoms with E-state index in [0.717, 1.165) is 28.4 Å². The average Bonchev–Trinajstić information content (AvgIpc) is 3.00. The molecule has 3 aromatic rings. The fourth-order valence-corrected chi connectivity index (χ4v) is 3.13. The van der Waals surface area contributed by atoms with Crippen molar-refractivity contribution in [3.05, 3.63) is 54.5 Å². The highest BCUT2D eigenvalue weighted by molar-refractivity contribution is 7.99. The smallest absolute Gasteiger partial charge is 0.191 e. The monoisotopic (exact) mass is 369 g/mol. The predicted molar refractivity (Wildman–Crippen MR) is 96.8 cm³/mol. The summed E-state index contributed by atoms with van der Waals surface area (Å²) in [6, 6.07) is 9.69. The third-order valence-corrected chi connectivity index (χ3v) is 4.54. The van der Waals surface area contributed by atoms with Crippen molar-refractivity contribution in [3.63, 3.8) is 0 Å². The van der Waals surface area contributed by atoms with Gasteiger partial charge in [0.05, 0.1) is 5.97 Å². The summed E-state index contributed by atoms with van der Waals surface area (Å²) in [5, 5.41) is 20.3. The highest BCUT2D eigenvalue weighted by Gasteiger charge is 2.13. The Balaban J connectivity index is 1.82. The van der Waals surface area contributed by atoms with Crippen LogP contribution in [0.1, 0.15) is 11.5 Å². The molecule has 0 spiro atoms. The number of ether oxygens (including phenoxy) is 1. The Labute approximate surface area is 154 Å². The zero-order valence-electron chi connectivity index (χ0n) is 14.2. The van der Waals surface area contributed by atoms with Crippen LogP contribution >= 0.6 is 11.8 Å². The maximum atomic E-state index is 10.7. The summed E-state index contributed by atoms with van der Waals surface area (Å²) in [5.74, 6) is -0.111. The van der Waals surface area contributed by atoms with E-state index in [2.05, 4.69) is 21.8 Å². The lowest BCUT2D eigenvalue weighted by Gasteiger charge is -2.11. The fraction of sp³-hybridized carbons (Fsp3) is 0.222. The normalized spacial score (nSPS) is 10.8. The first-order valence-electron chi connectivity index (χ1n) is 7.93. The molecule has 0 aliphatic carbocycles. The van der Waals surface area contributed by atoms with E-state index in [1.165, 1.54) is 0 Å². The standard InChI is InChI=1S/C18H18N4O3S/c1-3-9-22-15(20-21-18(22)26-11-16(23)24)10-25-14-6-4-5-13-8-7-12(2)19-17(13)14/h3-8H,1,9-11H2,2H3,(H,23,24)/p-1. The molecule has 3 rings (SSSR count). The lowest BCUT2D eigenvalue weighted by molar-refractivity contribution is -0.301. The minimum absolute atomic E-state index is 0.182. The SMILES string of the molecule is C=CCn1c(COc2cccc3ccc(C)nc23)nnc1SCC(=O)[O-]. The maximum absolute atomic E-state index is 10.7. The summed E-state index contributed by atoms with van der Waals surface area (Å²) in [6.07, 6.45) is 1.69. The molecule has 1 aromatic carbocycles. The second-order valence-corrected chi connectivity index (χ2v) is 6.47. The molecular formula is C18H17N4O3S-. The van der Waals surface area contributed by atoms with E-state index in [-0.39, 0.29) is 12.4 Å². The molecule has 0 radical (unpaired) electrons. The van der Waals surface area contributed by atoms with Gasteiger partial charge in [-0.05, 0) is 19.1 Å². The van der Waals surface area contributed by atoms with Crippen molar-refractivity contribution < 1.29 is 14.6 Å². The van der Waals surface area contributed by atoms with Gasteiger partial charge in [0, 0.05) is 23.4 Å². The zero-order valence-corrected chi connectivity index (χ0v) is 15.0. The number of aromatic nitrogens is 4. The van der Waals surface area contributed by atoms with Gasteiger partial charge in [-0.1, -0.05) is 36.0 Å². The molecule has 0 aliphatic rings. The van der Waals surface area contributed by atoms with Crippen molar-refractivity contribution in [3.8, 4) is 5.75 Å². The van der Waals surface area contributed by atoms with Crippen LogP contribution in [0.15, 0.2) is 48.1 Å². The Hall–Kier alpha value is -2.87. The van der Waals surface area contributed by atoms with E-state index in [1.54, 1.807) is 10.6 Å². The molecule has 0 saturated carbocycles. The molecule has 0 N–H and O–H groups in total. The number of benzene rings is 1. The van der Waals surface area contributed by atoms with E-state index in [9.17, 15) is 9.90 Å². The van der Waals surface area contributed by atoms with Crippen LogP contribution in [0.4, 0.5) is 0 Å². The minimum Gasteiger partial charge on any atom is -0.549 e. The van der Waals surface area contributed by atoms with E-state index in [1.807, 2.05) is 37.3 Å². The number of carbonyl (C=O) groups excluding carboxylic acids is 1. The molecule has 7 nitrogen and oxygen atoms in total. The lowest BCUT2D eigenvalue weighted by Crippen LogP contribution is -2.24. The molecular weight excluding hydrogens is 352 g/mol. The Bertz CT molecular complexity index is 955. The average molecular weight is 369 g/mol. The Morgan fingerprint density at radius 1 is 1.35 bits per heavy atom. The van der Waals surface area contributed by atoms with Crippen LogP contribution in [-0.2, 0) is 17.9 Å². The number of carboxylic acids is 1. The molecule has 134 valence electrons. The van der Waals surface area contributed by atoms with Gasteiger partial charge in [-0.2, -0.15) is 0 Å². The number of pyridine rings is 1. The van der Waals surface area contributed by atoms with Crippen LogP contribution in [0.25, 0.3) is 10.9 Å². The number of aryl methyl sites for hydroxylation is 1. The van der Waals surface area contributed by atoms with Crippen LogP contribution in [0, 0.1) is 6.92 Å². The molecule has 8 heteroatoms. The van der Waals surface area contributed by atoms with E-state index >= 15 is 0 Å². The summed E-state index contributed by atoms with van der Waals surface area (Å²) >= 11 is 1.05. The molecule has 2 heterocycles. The molecule has 0 aliphatic heterocycles. The number of para-hydroxylation sites is 1. The van der Waals surface area contributed by atoms with E-state index in [4.69, 9.17) is 4.74 Å². The highest BCUT2D eigenvalue weighted by atomic mass is 32.2. The number of carbonyl (C=O) groups is 1. The van der Waals surface area contributed by atoms with Gasteiger partial charge in [0.15, 0.2) is 11.0 Å². The van der Waals surface area contributed by atoms with Gasteiger partial charge < -0.3 is 14.6 Å². The summed E-state index contributed by atoms with van der Waals surface area (Å²) in [5.41, 5.74) is 1.69. The van der Waals surface area contributed by atoms with Gasteiger partial charge in [0.2, 0.25) is 0 Å². The molecule has 26 heavy (non-hydrogen) atoms. The number of hydrogen-bond donors (Lipinski definition) is 0. The van der Waals surface area contributed by atoms with Crippen LogP contribution < -0.4 is 9.84 Å². The number of aliphatic carboxylic acids is 1. The summed E-state index contributed by atoms with van der Waals surface area (Å²) in [4.78, 5) is 15.2. The summed E-state index contributed by atoms with van der Waals surface area (Å²) in [7, 11) is 0. The van der Waals surface area contributed by atoms with Crippen molar-refractivity contribution in [1.29, 1.82) is 0 Å². The largest absolute Gasteiger partial charge is 0.549 e. The quantitative estimate of drug-likeness (QED) is 0.441. The van der Waals surface area contributed by atoms with Crippen LogP contribution in [0.2, 0.25) is 0 Å². The van der Waals surface area contributed by atoms with Gasteiger partial charge >= 0.3 is 0 Å². The Morgan fingerprint density at radius 2 is 2.19 bits per heavy atom. The lowest BCUT2D eigenvalue weighted by atomic mass is 10.2. The topological polar surface area (TPSA) is 93.0 Å². The number of thioether (sulfide) groups is 1. The molecule has 0 amide bonds. The zero-order chi connectivity index (χ0) is 18.5. The molecule has 0 fully saturated rings. The Morgan fingerprint density at radius 3 is 2.96 bits per heavy atom. The van der Waals surface area contributed by atoms with Crippen molar-refractivity contribution in [1.82, 2.24) is 19.7 Å². The molecule has 2 aromatic heterocycles. The first-order chi connectivity index (χ1) is 12.6. The van der Waals surface area contributed by atoms with Crippen molar-refractivity contribution in [2.45, 2.75) is 25.2 Å². The number of nitrogens with zero attached hydrogens (tertiary/aromatic N) is 4. The summed E-state index contributed by atoms with van der Waals surface area (Å²) < 4.78 is 7.70. The second-order valence-electron chi connectivity index (χ2n) is 5.53. The van der Waals surface area contributed by atoms with Gasteiger partial charge in [0.25, 0.3) is 0 Å². The molecule has 0 bridgehead atoms. The van der Waals surface area contributed by atoms with Crippen LogP contribution in [0.5, 0.6) is 5.75 Å². The van der Waals surface area contributed by atoms with Crippen LogP contribution in [0.3, 0.4) is 0 Å². The number of rotatable bonds is 8.